The first-order valence-electron chi connectivity index (χ1n) is 6.35. The number of nitrogens with two attached hydrogens (primary N) is 1. The number of nitrogens with zero attached hydrogens (tertiary/aromatic N) is 4. The molecule has 1 unspecified atom stereocenters. The van der Waals surface area contributed by atoms with E-state index in [1.165, 1.54) is 0 Å². The van der Waals surface area contributed by atoms with Crippen LogP contribution in [0.15, 0.2) is 18.5 Å². The van der Waals surface area contributed by atoms with Crippen LogP contribution < -0.4 is 5.73 Å². The van der Waals surface area contributed by atoms with Gasteiger partial charge < -0.3 is 10.5 Å². The van der Waals surface area contributed by atoms with E-state index in [2.05, 4.69) is 15.1 Å². The van der Waals surface area contributed by atoms with E-state index >= 15 is 0 Å². The van der Waals surface area contributed by atoms with Crippen LogP contribution in [0, 0.1) is 0 Å². The third kappa shape index (κ3) is 2.19. The van der Waals surface area contributed by atoms with Crippen LogP contribution >= 0.6 is 0 Å². The van der Waals surface area contributed by atoms with Crippen LogP contribution in [0.25, 0.3) is 11.3 Å². The Morgan fingerprint density at radius 2 is 2.26 bits per heavy atom. The van der Waals surface area contributed by atoms with Gasteiger partial charge in [-0.15, -0.1) is 0 Å². The lowest BCUT2D eigenvalue weighted by Crippen LogP contribution is -2.24. The highest BCUT2D eigenvalue weighted by Crippen LogP contribution is 2.34. The van der Waals surface area contributed by atoms with Gasteiger partial charge in [0.2, 0.25) is 0 Å². The molecule has 1 saturated heterocycles. The van der Waals surface area contributed by atoms with Crippen molar-refractivity contribution in [2.24, 2.45) is 7.05 Å². The van der Waals surface area contributed by atoms with Crippen molar-refractivity contribution >= 4 is 5.82 Å². The van der Waals surface area contributed by atoms with E-state index in [0.717, 1.165) is 30.7 Å². The second-order valence-corrected chi connectivity index (χ2v) is 5.09. The molecular formula is C13H17N5O. The molecular weight excluding hydrogens is 242 g/mol. The SMILES string of the molecule is Cn1cc(-c2cc(N)nc(C3(C)CCCO3)n2)cn1. The average molecular weight is 259 g/mol. The van der Waals surface area contributed by atoms with Gasteiger partial charge in [-0.1, -0.05) is 0 Å². The minimum Gasteiger partial charge on any atom is -0.384 e. The number of hydrogen-bond donors (Lipinski definition) is 1. The van der Waals surface area contributed by atoms with Crippen molar-refractivity contribution < 1.29 is 4.74 Å². The lowest BCUT2D eigenvalue weighted by Gasteiger charge is -2.21. The first-order valence-corrected chi connectivity index (χ1v) is 6.35. The minimum absolute atomic E-state index is 0.424. The van der Waals surface area contributed by atoms with E-state index in [9.17, 15) is 0 Å². The topological polar surface area (TPSA) is 78.9 Å². The van der Waals surface area contributed by atoms with Gasteiger partial charge in [0, 0.05) is 31.5 Å². The maximum absolute atomic E-state index is 5.90. The fraction of sp³-hybridized carbons (Fsp3) is 0.462. The molecule has 6 heteroatoms. The van der Waals surface area contributed by atoms with Crippen molar-refractivity contribution in [2.45, 2.75) is 25.4 Å². The van der Waals surface area contributed by atoms with Crippen LogP contribution in [0.1, 0.15) is 25.6 Å². The van der Waals surface area contributed by atoms with Crippen LogP contribution in [0.5, 0.6) is 0 Å². The second-order valence-electron chi connectivity index (χ2n) is 5.09. The Hall–Kier alpha value is -1.95. The van der Waals surface area contributed by atoms with Gasteiger partial charge in [0.25, 0.3) is 0 Å². The van der Waals surface area contributed by atoms with Crippen molar-refractivity contribution in [2.75, 3.05) is 12.3 Å². The molecule has 0 spiro atoms. The van der Waals surface area contributed by atoms with Gasteiger partial charge in [0.1, 0.15) is 11.4 Å². The normalized spacial score (nSPS) is 22.8. The Balaban J connectivity index is 2.05. The predicted octanol–water partition coefficient (Wildman–Crippen LogP) is 1.48. The molecule has 2 N–H and O–H groups in total. The summed E-state index contributed by atoms with van der Waals surface area (Å²) >= 11 is 0. The molecule has 1 aliphatic rings. The van der Waals surface area contributed by atoms with E-state index in [4.69, 9.17) is 10.5 Å². The van der Waals surface area contributed by atoms with Crippen molar-refractivity contribution in [3.63, 3.8) is 0 Å². The Morgan fingerprint density at radius 3 is 2.89 bits per heavy atom. The molecule has 6 nitrogen and oxygen atoms in total. The maximum atomic E-state index is 5.90. The molecule has 3 heterocycles. The van der Waals surface area contributed by atoms with E-state index < -0.39 is 5.60 Å². The van der Waals surface area contributed by atoms with Crippen LogP contribution in [-0.2, 0) is 17.4 Å². The fourth-order valence-electron chi connectivity index (χ4n) is 2.36. The summed E-state index contributed by atoms with van der Waals surface area (Å²) in [6.07, 6.45) is 5.62. The molecule has 2 aromatic rings. The Morgan fingerprint density at radius 1 is 1.42 bits per heavy atom. The van der Waals surface area contributed by atoms with Crippen molar-refractivity contribution in [3.05, 3.63) is 24.3 Å². The van der Waals surface area contributed by atoms with Crippen LogP contribution in [0.3, 0.4) is 0 Å². The lowest BCUT2D eigenvalue weighted by molar-refractivity contribution is 0.00954. The van der Waals surface area contributed by atoms with Crippen LogP contribution in [-0.4, -0.2) is 26.4 Å². The fourth-order valence-corrected chi connectivity index (χ4v) is 2.36. The number of anilines is 1. The monoisotopic (exact) mass is 259 g/mol. The molecule has 1 fully saturated rings. The third-order valence-corrected chi connectivity index (χ3v) is 3.44. The summed E-state index contributed by atoms with van der Waals surface area (Å²) in [6.45, 7) is 2.76. The molecule has 100 valence electrons. The number of hydrogen-bond acceptors (Lipinski definition) is 5. The van der Waals surface area contributed by atoms with E-state index in [0.29, 0.717) is 11.6 Å². The second kappa shape index (κ2) is 4.31. The molecule has 1 atom stereocenters. The Labute approximate surface area is 111 Å². The summed E-state index contributed by atoms with van der Waals surface area (Å²) in [4.78, 5) is 8.94. The zero-order valence-corrected chi connectivity index (χ0v) is 11.1. The van der Waals surface area contributed by atoms with Crippen LogP contribution in [0.4, 0.5) is 5.82 Å². The van der Waals surface area contributed by atoms with Crippen LogP contribution in [0.2, 0.25) is 0 Å². The highest BCUT2D eigenvalue weighted by atomic mass is 16.5. The first kappa shape index (κ1) is 12.1. The predicted molar refractivity (Wildman–Crippen MR) is 71.2 cm³/mol. The molecule has 1 aliphatic heterocycles. The third-order valence-electron chi connectivity index (χ3n) is 3.44. The Kier molecular flexibility index (Phi) is 2.74. The molecule has 0 saturated carbocycles. The summed E-state index contributed by atoms with van der Waals surface area (Å²) in [5.41, 5.74) is 7.19. The van der Waals surface area contributed by atoms with Gasteiger partial charge in [-0.2, -0.15) is 5.10 Å². The summed E-state index contributed by atoms with van der Waals surface area (Å²) < 4.78 is 7.51. The maximum Gasteiger partial charge on any atom is 0.162 e. The number of rotatable bonds is 2. The van der Waals surface area contributed by atoms with E-state index in [1.807, 2.05) is 20.2 Å². The summed E-state index contributed by atoms with van der Waals surface area (Å²) in [5, 5.41) is 4.15. The smallest absolute Gasteiger partial charge is 0.162 e. The summed E-state index contributed by atoms with van der Waals surface area (Å²) in [7, 11) is 1.87. The molecule has 0 bridgehead atoms. The number of aromatic nitrogens is 4. The van der Waals surface area contributed by atoms with E-state index in [-0.39, 0.29) is 0 Å². The molecule has 2 aromatic heterocycles. The molecule has 0 aromatic carbocycles. The van der Waals surface area contributed by atoms with Gasteiger partial charge in [0.15, 0.2) is 5.82 Å². The molecule has 0 radical (unpaired) electrons. The summed E-state index contributed by atoms with van der Waals surface area (Å²) in [6, 6.07) is 1.76. The standard InChI is InChI=1S/C13H17N5O/c1-13(4-3-5-19-13)12-16-10(6-11(14)17-12)9-7-15-18(2)8-9/h6-8H,3-5H2,1-2H3,(H2,14,16,17). The van der Waals surface area contributed by atoms with E-state index in [1.54, 1.807) is 16.9 Å². The van der Waals surface area contributed by atoms with Gasteiger partial charge in [-0.05, 0) is 19.8 Å². The first-order chi connectivity index (χ1) is 9.07. The number of nitrogen functional groups attached to an aromatic ring is 1. The Bertz CT molecular complexity index is 601. The van der Waals surface area contributed by atoms with Gasteiger partial charge in [-0.25, -0.2) is 9.97 Å². The summed E-state index contributed by atoms with van der Waals surface area (Å²) in [5.74, 6) is 1.12. The molecule has 3 rings (SSSR count). The zero-order valence-electron chi connectivity index (χ0n) is 11.1. The number of aryl methyl sites for hydroxylation is 1. The highest BCUT2D eigenvalue weighted by Gasteiger charge is 2.35. The zero-order chi connectivity index (χ0) is 13.5. The quantitative estimate of drug-likeness (QED) is 0.883. The number of ether oxygens (including phenoxy) is 1. The lowest BCUT2D eigenvalue weighted by atomic mass is 10.0. The molecule has 0 aliphatic carbocycles. The van der Waals surface area contributed by atoms with Gasteiger partial charge in [0.05, 0.1) is 11.9 Å². The van der Waals surface area contributed by atoms with Crippen molar-refractivity contribution in [1.29, 1.82) is 0 Å². The van der Waals surface area contributed by atoms with Gasteiger partial charge in [-0.3, -0.25) is 4.68 Å². The average Bonchev–Trinajstić information content (AvgIpc) is 2.98. The highest BCUT2D eigenvalue weighted by molar-refractivity contribution is 5.60. The molecule has 19 heavy (non-hydrogen) atoms. The van der Waals surface area contributed by atoms with Gasteiger partial charge >= 0.3 is 0 Å². The molecule has 0 amide bonds. The van der Waals surface area contributed by atoms with Crippen molar-refractivity contribution in [1.82, 2.24) is 19.7 Å². The van der Waals surface area contributed by atoms with Crippen molar-refractivity contribution in [3.8, 4) is 11.3 Å². The largest absolute Gasteiger partial charge is 0.384 e. The minimum atomic E-state index is -0.424.